The molecule has 0 aliphatic carbocycles. The van der Waals surface area contributed by atoms with Gasteiger partial charge in [0.05, 0.1) is 0 Å². The van der Waals surface area contributed by atoms with Crippen molar-refractivity contribution < 1.29 is 9.22 Å². The predicted octanol–water partition coefficient (Wildman–Crippen LogP) is 2.01. The minimum absolute atomic E-state index is 0.123. The van der Waals surface area contributed by atoms with E-state index in [0.717, 1.165) is 30.6 Å². The van der Waals surface area contributed by atoms with Crippen molar-refractivity contribution in [1.82, 2.24) is 0 Å². The van der Waals surface area contributed by atoms with Crippen LogP contribution in [0.5, 0.6) is 0 Å². The second-order valence-corrected chi connectivity index (χ2v) is 5.72. The molecule has 3 nitrogen and oxygen atoms in total. The van der Waals surface area contributed by atoms with Crippen molar-refractivity contribution >= 4 is 22.1 Å². The number of hydrogen-bond acceptors (Lipinski definition) is 3. The van der Waals surface area contributed by atoms with Crippen LogP contribution in [-0.4, -0.2) is 23.0 Å². The van der Waals surface area contributed by atoms with Gasteiger partial charge in [-0.2, -0.15) is 0 Å². The molecule has 0 spiro atoms. The molecule has 0 amide bonds. The average Bonchev–Trinajstić information content (AvgIpc) is 3.01. The summed E-state index contributed by atoms with van der Waals surface area (Å²) in [6, 6.07) is 20.1. The van der Waals surface area contributed by atoms with Crippen molar-refractivity contribution in [2.75, 3.05) is 11.4 Å². The highest BCUT2D eigenvalue weighted by Crippen LogP contribution is 2.42. The van der Waals surface area contributed by atoms with Crippen molar-refractivity contribution in [3.8, 4) is 0 Å². The van der Waals surface area contributed by atoms with Crippen LogP contribution in [0.2, 0.25) is 0 Å². The third-order valence-electron chi connectivity index (χ3n) is 4.22. The summed E-state index contributed by atoms with van der Waals surface area (Å²) in [6.45, 7) is 0.871. The third kappa shape index (κ3) is 2.25. The molecule has 0 saturated carbocycles. The molecule has 3 rings (SSSR count). The van der Waals surface area contributed by atoms with Gasteiger partial charge in [0.25, 0.3) is 0 Å². The summed E-state index contributed by atoms with van der Waals surface area (Å²) in [4.78, 5) is 14.9. The summed E-state index contributed by atoms with van der Waals surface area (Å²) in [5.74, 6) is -0.123. The fraction of sp³-hybridized carbons (Fsp3) is 0.235. The molecule has 0 aromatic heterocycles. The molecule has 4 heteroatoms. The van der Waals surface area contributed by atoms with Crippen molar-refractivity contribution in [2.45, 2.75) is 18.4 Å². The van der Waals surface area contributed by atoms with Gasteiger partial charge in [-0.1, -0.05) is 48.5 Å². The Morgan fingerprint density at radius 3 is 2.29 bits per heavy atom. The van der Waals surface area contributed by atoms with E-state index in [9.17, 15) is 4.79 Å². The molecule has 1 aliphatic heterocycles. The third-order valence-corrected chi connectivity index (χ3v) is 4.59. The van der Waals surface area contributed by atoms with E-state index >= 15 is 0 Å². The predicted molar refractivity (Wildman–Crippen MR) is 87.2 cm³/mol. The number of rotatable bonds is 3. The van der Waals surface area contributed by atoms with Crippen LogP contribution in [0.3, 0.4) is 0 Å². The number of benzene rings is 2. The number of carbonyl (C=O) groups is 1. The molecular formula is C17H19NO2Si. The van der Waals surface area contributed by atoms with Crippen LogP contribution in [0.15, 0.2) is 60.7 Å². The van der Waals surface area contributed by atoms with Gasteiger partial charge in [-0.3, -0.25) is 4.79 Å². The highest BCUT2D eigenvalue weighted by Gasteiger charge is 2.49. The molecule has 21 heavy (non-hydrogen) atoms. The monoisotopic (exact) mass is 297 g/mol. The summed E-state index contributed by atoms with van der Waals surface area (Å²) >= 11 is 0. The Kier molecular flexibility index (Phi) is 3.79. The molecule has 1 heterocycles. The van der Waals surface area contributed by atoms with E-state index in [-0.39, 0.29) is 5.97 Å². The van der Waals surface area contributed by atoms with Crippen LogP contribution in [0.25, 0.3) is 0 Å². The molecule has 108 valence electrons. The van der Waals surface area contributed by atoms with E-state index < -0.39 is 5.54 Å². The van der Waals surface area contributed by atoms with Crippen LogP contribution in [0.4, 0.5) is 5.69 Å². The molecular weight excluding hydrogens is 278 g/mol. The van der Waals surface area contributed by atoms with E-state index in [0.29, 0.717) is 10.5 Å². The Bertz CT molecular complexity index is 617. The standard InChI is InChI=1S/C17H19NO2Si/c19-16(20-21)17(14-8-3-1-4-9-14)12-7-13-18(17)15-10-5-2-6-11-15/h1-6,8-11H,7,12-13H2,21H3/t17-/m1/s1. The highest BCUT2D eigenvalue weighted by molar-refractivity contribution is 6.08. The Balaban J connectivity index is 2.13. The first-order valence-electron chi connectivity index (χ1n) is 7.25. The maximum absolute atomic E-state index is 12.7. The largest absolute Gasteiger partial charge is 0.527 e. The minimum Gasteiger partial charge on any atom is -0.527 e. The van der Waals surface area contributed by atoms with Crippen LogP contribution in [0.1, 0.15) is 18.4 Å². The smallest absolute Gasteiger partial charge is 0.322 e. The van der Waals surface area contributed by atoms with Crippen LogP contribution >= 0.6 is 0 Å². The van der Waals surface area contributed by atoms with E-state index in [1.165, 1.54) is 0 Å². The lowest BCUT2D eigenvalue weighted by atomic mass is 9.87. The first-order chi connectivity index (χ1) is 10.3. The number of anilines is 1. The lowest BCUT2D eigenvalue weighted by molar-refractivity contribution is -0.140. The lowest BCUT2D eigenvalue weighted by Crippen LogP contribution is -2.49. The Labute approximate surface area is 128 Å². The van der Waals surface area contributed by atoms with Gasteiger partial charge in [0.2, 0.25) is 10.5 Å². The van der Waals surface area contributed by atoms with Gasteiger partial charge >= 0.3 is 5.97 Å². The zero-order chi connectivity index (χ0) is 14.7. The van der Waals surface area contributed by atoms with Gasteiger partial charge in [0.15, 0.2) is 5.54 Å². The fourth-order valence-corrected chi connectivity index (χ4v) is 3.63. The first kappa shape index (κ1) is 13.9. The zero-order valence-electron chi connectivity index (χ0n) is 12.2. The molecule has 0 N–H and O–H groups in total. The van der Waals surface area contributed by atoms with Crippen LogP contribution in [0, 0.1) is 0 Å². The summed E-state index contributed by atoms with van der Waals surface area (Å²) < 4.78 is 5.30. The van der Waals surface area contributed by atoms with Gasteiger partial charge < -0.3 is 9.33 Å². The molecule has 1 aliphatic rings. The molecule has 0 radical (unpaired) electrons. The first-order valence-corrected chi connectivity index (χ1v) is 8.07. The van der Waals surface area contributed by atoms with Crippen LogP contribution < -0.4 is 4.90 Å². The molecule has 0 bridgehead atoms. The number of hydrogen-bond donors (Lipinski definition) is 0. The average molecular weight is 297 g/mol. The minimum atomic E-state index is -0.676. The Morgan fingerprint density at radius 1 is 1.05 bits per heavy atom. The second kappa shape index (κ2) is 5.74. The van der Waals surface area contributed by atoms with E-state index in [1.807, 2.05) is 48.5 Å². The van der Waals surface area contributed by atoms with E-state index in [4.69, 9.17) is 4.43 Å². The molecule has 0 unspecified atom stereocenters. The molecule has 1 saturated heterocycles. The lowest BCUT2D eigenvalue weighted by Gasteiger charge is -2.38. The summed E-state index contributed by atoms with van der Waals surface area (Å²) in [5, 5.41) is 0. The van der Waals surface area contributed by atoms with Gasteiger partial charge in [-0.15, -0.1) is 0 Å². The number of carbonyl (C=O) groups excluding carboxylic acids is 1. The summed E-state index contributed by atoms with van der Waals surface area (Å²) in [5.41, 5.74) is 1.42. The zero-order valence-corrected chi connectivity index (χ0v) is 14.2. The topological polar surface area (TPSA) is 29.5 Å². The van der Waals surface area contributed by atoms with Gasteiger partial charge in [0, 0.05) is 12.2 Å². The van der Waals surface area contributed by atoms with Gasteiger partial charge in [0.1, 0.15) is 0 Å². The van der Waals surface area contributed by atoms with Gasteiger partial charge in [-0.25, -0.2) is 0 Å². The van der Waals surface area contributed by atoms with Gasteiger partial charge in [-0.05, 0) is 30.5 Å². The molecule has 1 atom stereocenters. The molecule has 2 aromatic carbocycles. The highest BCUT2D eigenvalue weighted by atomic mass is 28.2. The molecule has 2 aromatic rings. The van der Waals surface area contributed by atoms with Crippen LogP contribution in [-0.2, 0) is 14.8 Å². The quantitative estimate of drug-likeness (QED) is 0.812. The SMILES string of the molecule is O=C(O[SiH3])[C@]1(c2ccccc2)CCCN1c1ccccc1. The van der Waals surface area contributed by atoms with Crippen molar-refractivity contribution in [1.29, 1.82) is 0 Å². The van der Waals surface area contributed by atoms with Crippen molar-refractivity contribution in [3.63, 3.8) is 0 Å². The summed E-state index contributed by atoms with van der Waals surface area (Å²) in [7, 11) is 0.419. The normalized spacial score (nSPS) is 21.4. The van der Waals surface area contributed by atoms with E-state index in [2.05, 4.69) is 17.0 Å². The number of nitrogens with zero attached hydrogens (tertiary/aromatic N) is 1. The molecule has 1 fully saturated rings. The van der Waals surface area contributed by atoms with Crippen molar-refractivity contribution in [3.05, 3.63) is 66.2 Å². The number of para-hydroxylation sites is 1. The summed E-state index contributed by atoms with van der Waals surface area (Å²) in [6.07, 6.45) is 1.79. The van der Waals surface area contributed by atoms with E-state index in [1.54, 1.807) is 0 Å². The van der Waals surface area contributed by atoms with Crippen molar-refractivity contribution in [2.24, 2.45) is 0 Å². The Hall–Kier alpha value is -2.07. The maximum atomic E-state index is 12.7. The second-order valence-electron chi connectivity index (χ2n) is 5.31. The fourth-order valence-electron chi connectivity index (χ4n) is 3.29. The maximum Gasteiger partial charge on any atom is 0.322 e. The Morgan fingerprint density at radius 2 is 1.67 bits per heavy atom.